The summed E-state index contributed by atoms with van der Waals surface area (Å²) in [6, 6.07) is 74.6. The lowest BCUT2D eigenvalue weighted by molar-refractivity contribution is 0.670. The smallest absolute Gasteiger partial charge is 0.238 e. The fourth-order valence-corrected chi connectivity index (χ4v) is 9.46. The van der Waals surface area contributed by atoms with Crippen LogP contribution in [0.15, 0.2) is 217 Å². The lowest BCUT2D eigenvalue weighted by Gasteiger charge is -2.12. The zero-order valence-corrected chi connectivity index (χ0v) is 33.9. The number of nitrogens with zero attached hydrogens (tertiary/aromatic N) is 5. The molecule has 0 unspecified atom stereocenters. The highest BCUT2D eigenvalue weighted by Gasteiger charge is 2.20. The van der Waals surface area contributed by atoms with Crippen molar-refractivity contribution in [2.24, 2.45) is 0 Å². The molecule has 294 valence electrons. The zero-order valence-electron chi connectivity index (χ0n) is 33.9. The molecule has 0 aliphatic carbocycles. The van der Waals surface area contributed by atoms with E-state index in [0.29, 0.717) is 17.6 Å². The summed E-state index contributed by atoms with van der Waals surface area (Å²) in [6.07, 6.45) is 0. The fraction of sp³-hybridized carbons (Fsp3) is 0. The number of benzene rings is 9. The number of hydrogen-bond donors (Lipinski definition) is 0. The van der Waals surface area contributed by atoms with Crippen LogP contribution in [0.1, 0.15) is 0 Å². The first-order valence-electron chi connectivity index (χ1n) is 21.2. The number of para-hydroxylation sites is 4. The Kier molecular flexibility index (Phi) is 7.80. The van der Waals surface area contributed by atoms with Crippen LogP contribution in [0.5, 0.6) is 0 Å². The second-order valence-electron chi connectivity index (χ2n) is 16.0. The van der Waals surface area contributed by atoms with Gasteiger partial charge in [-0.15, -0.1) is 0 Å². The summed E-state index contributed by atoms with van der Waals surface area (Å²) in [5.41, 5.74) is 13.6. The highest BCUT2D eigenvalue weighted by atomic mass is 16.3. The van der Waals surface area contributed by atoms with E-state index >= 15 is 0 Å². The lowest BCUT2D eigenvalue weighted by Crippen LogP contribution is -2.06. The first kappa shape index (κ1) is 35.2. The molecule has 13 rings (SSSR count). The van der Waals surface area contributed by atoms with Crippen molar-refractivity contribution in [1.82, 2.24) is 24.1 Å². The van der Waals surface area contributed by atoms with Crippen molar-refractivity contribution in [2.75, 3.05) is 0 Å². The molecular formula is C57H35N5O. The van der Waals surface area contributed by atoms with Crippen LogP contribution in [0.3, 0.4) is 0 Å². The topological polar surface area (TPSA) is 61.7 Å². The molecule has 0 atom stereocenters. The monoisotopic (exact) mass is 805 g/mol. The molecule has 4 heterocycles. The van der Waals surface area contributed by atoms with E-state index in [2.05, 4.69) is 149 Å². The Labute approximate surface area is 361 Å². The van der Waals surface area contributed by atoms with Gasteiger partial charge in [-0.1, -0.05) is 164 Å². The van der Waals surface area contributed by atoms with Gasteiger partial charge < -0.3 is 8.98 Å². The molecule has 63 heavy (non-hydrogen) atoms. The van der Waals surface area contributed by atoms with Crippen LogP contribution in [0.2, 0.25) is 0 Å². The van der Waals surface area contributed by atoms with Gasteiger partial charge in [0.15, 0.2) is 11.6 Å². The molecule has 6 nitrogen and oxygen atoms in total. The Bertz CT molecular complexity index is 3840. The summed E-state index contributed by atoms with van der Waals surface area (Å²) < 4.78 is 11.0. The molecule has 4 aromatic heterocycles. The van der Waals surface area contributed by atoms with Gasteiger partial charge in [-0.05, 0) is 65.2 Å². The Morgan fingerprint density at radius 3 is 1.59 bits per heavy atom. The van der Waals surface area contributed by atoms with Gasteiger partial charge >= 0.3 is 0 Å². The zero-order chi connectivity index (χ0) is 41.4. The summed E-state index contributed by atoms with van der Waals surface area (Å²) in [5, 5.41) is 6.93. The summed E-state index contributed by atoms with van der Waals surface area (Å²) in [7, 11) is 0. The average molecular weight is 806 g/mol. The maximum atomic E-state index is 6.40. The predicted octanol–water partition coefficient (Wildman–Crippen LogP) is 14.6. The number of fused-ring (bicyclic) bond motifs is 9. The van der Waals surface area contributed by atoms with Crippen molar-refractivity contribution < 1.29 is 4.42 Å². The van der Waals surface area contributed by atoms with E-state index in [1.165, 1.54) is 10.8 Å². The largest absolute Gasteiger partial charge is 0.455 e. The quantitative estimate of drug-likeness (QED) is 0.168. The molecule has 0 aliphatic heterocycles. The minimum atomic E-state index is 0.574. The van der Waals surface area contributed by atoms with Crippen molar-refractivity contribution in [3.05, 3.63) is 212 Å². The molecule has 0 radical (unpaired) electrons. The molecule has 0 saturated carbocycles. The summed E-state index contributed by atoms with van der Waals surface area (Å²) >= 11 is 0. The highest BCUT2D eigenvalue weighted by molar-refractivity contribution is 6.13. The summed E-state index contributed by atoms with van der Waals surface area (Å²) in [5.74, 6) is 1.83. The van der Waals surface area contributed by atoms with Crippen LogP contribution in [-0.2, 0) is 0 Å². The first-order chi connectivity index (χ1) is 31.2. The van der Waals surface area contributed by atoms with E-state index in [1.54, 1.807) is 0 Å². The van der Waals surface area contributed by atoms with Crippen LogP contribution in [0.25, 0.3) is 122 Å². The van der Waals surface area contributed by atoms with Crippen molar-refractivity contribution in [1.29, 1.82) is 0 Å². The van der Waals surface area contributed by atoms with E-state index in [-0.39, 0.29) is 0 Å². The van der Waals surface area contributed by atoms with Crippen molar-refractivity contribution in [3.63, 3.8) is 0 Å². The third kappa shape index (κ3) is 5.62. The highest BCUT2D eigenvalue weighted by Crippen LogP contribution is 2.40. The van der Waals surface area contributed by atoms with Gasteiger partial charge in [0, 0.05) is 54.7 Å². The third-order valence-electron chi connectivity index (χ3n) is 12.4. The summed E-state index contributed by atoms with van der Waals surface area (Å²) in [6.45, 7) is 0. The Morgan fingerprint density at radius 1 is 0.317 bits per heavy atom. The van der Waals surface area contributed by atoms with Crippen LogP contribution in [0, 0.1) is 0 Å². The Hall–Kier alpha value is -8.61. The molecule has 0 fully saturated rings. The van der Waals surface area contributed by atoms with Gasteiger partial charge in [0.2, 0.25) is 5.95 Å². The molecular weight excluding hydrogens is 771 g/mol. The molecule has 0 aliphatic rings. The SMILES string of the molecule is c1ccc(-c2nc(-c3ccccc3)nc(-n3c4ccccc4c4ccc(-c5ccc6c(c5)c5ccccc5n6-c5ccc(-c6cccc7c6oc6ccccc67)cc5)cc43)n2)cc1. The van der Waals surface area contributed by atoms with Crippen LogP contribution < -0.4 is 0 Å². The van der Waals surface area contributed by atoms with Crippen molar-refractivity contribution in [2.45, 2.75) is 0 Å². The molecule has 0 amide bonds. The Balaban J connectivity index is 0.946. The van der Waals surface area contributed by atoms with Crippen LogP contribution in [-0.4, -0.2) is 24.1 Å². The van der Waals surface area contributed by atoms with Crippen LogP contribution >= 0.6 is 0 Å². The van der Waals surface area contributed by atoms with Crippen molar-refractivity contribution >= 4 is 65.6 Å². The second-order valence-corrected chi connectivity index (χ2v) is 16.0. The second kappa shape index (κ2) is 14.0. The summed E-state index contributed by atoms with van der Waals surface area (Å²) in [4.78, 5) is 15.3. The minimum Gasteiger partial charge on any atom is -0.455 e. The van der Waals surface area contributed by atoms with Gasteiger partial charge in [-0.3, -0.25) is 4.57 Å². The third-order valence-corrected chi connectivity index (χ3v) is 12.4. The van der Waals surface area contributed by atoms with E-state index in [9.17, 15) is 0 Å². The fourth-order valence-electron chi connectivity index (χ4n) is 9.46. The molecule has 9 aromatic carbocycles. The van der Waals surface area contributed by atoms with E-state index in [4.69, 9.17) is 19.4 Å². The number of rotatable bonds is 6. The first-order valence-corrected chi connectivity index (χ1v) is 21.2. The lowest BCUT2D eigenvalue weighted by atomic mass is 10.0. The molecule has 6 heteroatoms. The number of aromatic nitrogens is 5. The van der Waals surface area contributed by atoms with Gasteiger partial charge in [0.25, 0.3) is 0 Å². The number of furan rings is 1. The molecule has 13 aromatic rings. The molecule has 0 bridgehead atoms. The standard InChI is InChI=1S/C57H35N5O/c1-3-14-37(15-4-1)55-58-56(38-16-5-2-6-17-38)60-57(59-55)62-50-24-11-7-18-43(50)45-32-28-40(35-52(45)62)39-29-33-51-48(34-39)44-19-8-10-23-49(44)61(51)41-30-26-36(27-31-41)42-21-13-22-47-46-20-9-12-25-53(46)63-54(42)47/h1-35H. The van der Waals surface area contributed by atoms with Gasteiger partial charge in [-0.2, -0.15) is 9.97 Å². The van der Waals surface area contributed by atoms with Gasteiger partial charge in [-0.25, -0.2) is 4.98 Å². The van der Waals surface area contributed by atoms with Crippen LogP contribution in [0.4, 0.5) is 0 Å². The Morgan fingerprint density at radius 2 is 0.857 bits per heavy atom. The maximum absolute atomic E-state index is 6.40. The maximum Gasteiger partial charge on any atom is 0.238 e. The number of hydrogen-bond acceptors (Lipinski definition) is 4. The normalized spacial score (nSPS) is 11.8. The molecule has 0 N–H and O–H groups in total. The minimum absolute atomic E-state index is 0.574. The average Bonchev–Trinajstić information content (AvgIpc) is 4.02. The van der Waals surface area contributed by atoms with Gasteiger partial charge in [0.1, 0.15) is 11.2 Å². The van der Waals surface area contributed by atoms with E-state index in [0.717, 1.165) is 93.8 Å². The van der Waals surface area contributed by atoms with Crippen molar-refractivity contribution in [3.8, 4) is 56.7 Å². The van der Waals surface area contributed by atoms with E-state index in [1.807, 2.05) is 72.8 Å². The molecule has 0 saturated heterocycles. The van der Waals surface area contributed by atoms with E-state index < -0.39 is 0 Å². The predicted molar refractivity (Wildman–Crippen MR) is 258 cm³/mol. The molecule has 0 spiro atoms. The van der Waals surface area contributed by atoms with Gasteiger partial charge in [0.05, 0.1) is 22.1 Å².